The first-order valence-corrected chi connectivity index (χ1v) is 5.52. The molecule has 1 N–H and O–H groups in total. The van der Waals surface area contributed by atoms with Gasteiger partial charge in [-0.15, -0.1) is 0 Å². The summed E-state index contributed by atoms with van der Waals surface area (Å²) >= 11 is 0. The summed E-state index contributed by atoms with van der Waals surface area (Å²) in [5.41, 5.74) is -1.27. The predicted molar refractivity (Wildman–Crippen MR) is 59.5 cm³/mol. The van der Waals surface area contributed by atoms with Crippen molar-refractivity contribution < 1.29 is 27.5 Å². The second-order valence-electron chi connectivity index (χ2n) is 4.21. The number of aliphatic hydroxyl groups is 1. The van der Waals surface area contributed by atoms with Gasteiger partial charge >= 0.3 is 0 Å². The third-order valence-electron chi connectivity index (χ3n) is 2.55. The molecule has 0 radical (unpaired) electrons. The van der Waals surface area contributed by atoms with Crippen molar-refractivity contribution in [1.82, 2.24) is 4.90 Å². The highest BCUT2D eigenvalue weighted by molar-refractivity contribution is 5.94. The number of carbonyl (C=O) groups excluding carboxylic acids is 1. The third-order valence-corrected chi connectivity index (χ3v) is 2.55. The van der Waals surface area contributed by atoms with Crippen molar-refractivity contribution in [2.45, 2.75) is 19.4 Å². The van der Waals surface area contributed by atoms with Crippen LogP contribution in [-0.4, -0.2) is 35.6 Å². The summed E-state index contributed by atoms with van der Waals surface area (Å²) in [5.74, 6) is -7.91. The van der Waals surface area contributed by atoms with E-state index < -0.39 is 40.8 Å². The van der Waals surface area contributed by atoms with Crippen molar-refractivity contribution >= 4 is 5.91 Å². The number of nitrogens with zero attached hydrogens (tertiary/aromatic N) is 1. The second-order valence-corrected chi connectivity index (χ2v) is 4.21. The molecule has 1 aromatic rings. The van der Waals surface area contributed by atoms with E-state index in [1.54, 1.807) is 0 Å². The van der Waals surface area contributed by atoms with Gasteiger partial charge in [-0.05, 0) is 13.3 Å². The Morgan fingerprint density at radius 2 is 1.74 bits per heavy atom. The van der Waals surface area contributed by atoms with E-state index in [1.807, 2.05) is 0 Å². The van der Waals surface area contributed by atoms with Gasteiger partial charge in [-0.2, -0.15) is 0 Å². The summed E-state index contributed by atoms with van der Waals surface area (Å²) in [4.78, 5) is 12.6. The lowest BCUT2D eigenvalue weighted by atomic mass is 10.1. The standard InChI is InChI=1S/C12H13F4NO2/c1-6(18)3-4-17(2)12(19)9-10(15)7(13)5-8(14)11(9)16/h5-6,18H,3-4H2,1-2H3. The number of halogens is 4. The summed E-state index contributed by atoms with van der Waals surface area (Å²) in [6, 6.07) is 0.0389. The first-order chi connectivity index (χ1) is 8.75. The number of amides is 1. The maximum Gasteiger partial charge on any atom is 0.259 e. The van der Waals surface area contributed by atoms with E-state index in [4.69, 9.17) is 5.11 Å². The molecule has 0 saturated heterocycles. The molecule has 1 rings (SSSR count). The summed E-state index contributed by atoms with van der Waals surface area (Å²) in [5, 5.41) is 9.04. The number of hydrogen-bond donors (Lipinski definition) is 1. The average molecular weight is 279 g/mol. The van der Waals surface area contributed by atoms with Crippen molar-refractivity contribution in [2.24, 2.45) is 0 Å². The summed E-state index contributed by atoms with van der Waals surface area (Å²) in [7, 11) is 1.21. The Hall–Kier alpha value is -1.63. The molecular formula is C12H13F4NO2. The van der Waals surface area contributed by atoms with Crippen LogP contribution in [0.25, 0.3) is 0 Å². The molecule has 1 aromatic carbocycles. The van der Waals surface area contributed by atoms with Crippen LogP contribution in [0, 0.1) is 23.3 Å². The minimum atomic E-state index is -1.73. The molecule has 106 valence electrons. The van der Waals surface area contributed by atoms with Gasteiger partial charge in [-0.25, -0.2) is 17.6 Å². The molecular weight excluding hydrogens is 266 g/mol. The van der Waals surface area contributed by atoms with E-state index in [9.17, 15) is 22.4 Å². The lowest BCUT2D eigenvalue weighted by molar-refractivity contribution is 0.0756. The fourth-order valence-electron chi connectivity index (χ4n) is 1.43. The smallest absolute Gasteiger partial charge is 0.259 e. The molecule has 0 aromatic heterocycles. The van der Waals surface area contributed by atoms with Gasteiger partial charge in [0.1, 0.15) is 5.56 Å². The number of hydrogen-bond acceptors (Lipinski definition) is 2. The molecule has 1 unspecified atom stereocenters. The van der Waals surface area contributed by atoms with E-state index in [1.165, 1.54) is 14.0 Å². The van der Waals surface area contributed by atoms with Gasteiger partial charge in [0.15, 0.2) is 23.3 Å². The normalized spacial score (nSPS) is 12.4. The molecule has 7 heteroatoms. The second kappa shape index (κ2) is 6.01. The number of carbonyl (C=O) groups is 1. The molecule has 0 fully saturated rings. The molecule has 0 spiro atoms. The van der Waals surface area contributed by atoms with Crippen LogP contribution in [0.5, 0.6) is 0 Å². The van der Waals surface area contributed by atoms with E-state index in [0.29, 0.717) is 0 Å². The van der Waals surface area contributed by atoms with Gasteiger partial charge in [-0.1, -0.05) is 0 Å². The highest BCUT2D eigenvalue weighted by atomic mass is 19.2. The Kier molecular flexibility index (Phi) is 4.88. The fourth-order valence-corrected chi connectivity index (χ4v) is 1.43. The molecule has 0 saturated carbocycles. The molecule has 1 amide bonds. The molecule has 1 atom stereocenters. The molecule has 0 aliphatic rings. The van der Waals surface area contributed by atoms with Crippen molar-refractivity contribution in [2.75, 3.05) is 13.6 Å². The van der Waals surface area contributed by atoms with Gasteiger partial charge in [0.2, 0.25) is 0 Å². The van der Waals surface area contributed by atoms with Gasteiger partial charge < -0.3 is 10.0 Å². The highest BCUT2D eigenvalue weighted by Gasteiger charge is 2.26. The lowest BCUT2D eigenvalue weighted by Crippen LogP contribution is -2.31. The Labute approximate surface area is 107 Å². The third kappa shape index (κ3) is 3.44. The zero-order valence-corrected chi connectivity index (χ0v) is 10.4. The van der Waals surface area contributed by atoms with E-state index in [-0.39, 0.29) is 19.0 Å². The van der Waals surface area contributed by atoms with Crippen LogP contribution in [-0.2, 0) is 0 Å². The SMILES string of the molecule is CC(O)CCN(C)C(=O)c1c(F)c(F)cc(F)c1F. The average Bonchev–Trinajstić information content (AvgIpc) is 2.33. The van der Waals surface area contributed by atoms with Crippen LogP contribution in [0.4, 0.5) is 17.6 Å². The molecule has 0 bridgehead atoms. The monoisotopic (exact) mass is 279 g/mol. The van der Waals surface area contributed by atoms with Crippen LogP contribution in [0.15, 0.2) is 6.07 Å². The van der Waals surface area contributed by atoms with Crippen LogP contribution in [0.3, 0.4) is 0 Å². The van der Waals surface area contributed by atoms with Gasteiger partial charge in [0.25, 0.3) is 5.91 Å². The van der Waals surface area contributed by atoms with Crippen LogP contribution < -0.4 is 0 Å². The van der Waals surface area contributed by atoms with E-state index in [0.717, 1.165) is 4.90 Å². The fraction of sp³-hybridized carbons (Fsp3) is 0.417. The first-order valence-electron chi connectivity index (χ1n) is 5.52. The highest BCUT2D eigenvalue weighted by Crippen LogP contribution is 2.20. The summed E-state index contributed by atoms with van der Waals surface area (Å²) in [6.07, 6.45) is -0.544. The minimum absolute atomic E-state index is 0.00644. The summed E-state index contributed by atoms with van der Waals surface area (Å²) < 4.78 is 52.7. The molecule has 0 aliphatic heterocycles. The molecule has 0 aliphatic carbocycles. The Bertz CT molecular complexity index is 465. The number of rotatable bonds is 4. The van der Waals surface area contributed by atoms with Crippen molar-refractivity contribution in [3.05, 3.63) is 34.9 Å². The minimum Gasteiger partial charge on any atom is -0.393 e. The van der Waals surface area contributed by atoms with E-state index in [2.05, 4.69) is 0 Å². The van der Waals surface area contributed by atoms with Crippen molar-refractivity contribution in [3.8, 4) is 0 Å². The predicted octanol–water partition coefficient (Wildman–Crippen LogP) is 2.09. The van der Waals surface area contributed by atoms with Gasteiger partial charge in [0.05, 0.1) is 6.10 Å². The Morgan fingerprint density at radius 1 is 1.26 bits per heavy atom. The Balaban J connectivity index is 3.06. The maximum absolute atomic E-state index is 13.4. The topological polar surface area (TPSA) is 40.5 Å². The maximum atomic E-state index is 13.4. The summed E-state index contributed by atoms with van der Waals surface area (Å²) in [6.45, 7) is 1.47. The molecule has 0 heterocycles. The van der Waals surface area contributed by atoms with Gasteiger partial charge in [0, 0.05) is 19.7 Å². The largest absolute Gasteiger partial charge is 0.393 e. The first kappa shape index (κ1) is 15.4. The lowest BCUT2D eigenvalue weighted by Gasteiger charge is -2.18. The molecule has 3 nitrogen and oxygen atoms in total. The van der Waals surface area contributed by atoms with Crippen LogP contribution in [0.2, 0.25) is 0 Å². The number of benzene rings is 1. The van der Waals surface area contributed by atoms with Crippen LogP contribution >= 0.6 is 0 Å². The van der Waals surface area contributed by atoms with Gasteiger partial charge in [-0.3, -0.25) is 4.79 Å². The zero-order chi connectivity index (χ0) is 14.7. The quantitative estimate of drug-likeness (QED) is 0.677. The molecule has 19 heavy (non-hydrogen) atoms. The Morgan fingerprint density at radius 3 is 2.16 bits per heavy atom. The van der Waals surface area contributed by atoms with Crippen molar-refractivity contribution in [3.63, 3.8) is 0 Å². The van der Waals surface area contributed by atoms with E-state index >= 15 is 0 Å². The zero-order valence-electron chi connectivity index (χ0n) is 10.4. The number of aliphatic hydroxyl groups excluding tert-OH is 1. The van der Waals surface area contributed by atoms with Crippen molar-refractivity contribution in [1.29, 1.82) is 0 Å². The van der Waals surface area contributed by atoms with Crippen LogP contribution in [0.1, 0.15) is 23.7 Å².